The highest BCUT2D eigenvalue weighted by molar-refractivity contribution is 5.91. The monoisotopic (exact) mass is 401 g/mol. The van der Waals surface area contributed by atoms with Crippen molar-refractivity contribution in [2.24, 2.45) is 5.16 Å². The van der Waals surface area contributed by atoms with Gasteiger partial charge in [-0.25, -0.2) is 0 Å². The zero-order chi connectivity index (χ0) is 20.5. The van der Waals surface area contributed by atoms with Gasteiger partial charge in [-0.15, -0.1) is 5.16 Å². The number of ether oxygens (including phenoxy) is 2. The van der Waals surface area contributed by atoms with Crippen LogP contribution in [0.15, 0.2) is 59.9 Å². The van der Waals surface area contributed by atoms with Crippen LogP contribution in [0.2, 0.25) is 0 Å². The van der Waals surface area contributed by atoms with E-state index in [0.717, 1.165) is 27.7 Å². The maximum Gasteiger partial charge on any atom is 0.163 e. The Balaban J connectivity index is 1.66. The summed E-state index contributed by atoms with van der Waals surface area (Å²) >= 11 is 0. The summed E-state index contributed by atoms with van der Waals surface area (Å²) < 4.78 is 12.9. The number of fused-ring (bicyclic) bond motifs is 5. The van der Waals surface area contributed by atoms with E-state index in [-0.39, 0.29) is 24.0 Å². The molecule has 6 nitrogen and oxygen atoms in total. The molecular weight excluding hydrogens is 378 g/mol. The molecule has 3 heterocycles. The Morgan fingerprint density at radius 1 is 0.967 bits per heavy atom. The van der Waals surface area contributed by atoms with Crippen LogP contribution in [-0.2, 0) is 9.47 Å². The molecule has 30 heavy (non-hydrogen) atoms. The zero-order valence-electron chi connectivity index (χ0n) is 16.8. The molecule has 1 aliphatic carbocycles. The van der Waals surface area contributed by atoms with Crippen molar-refractivity contribution in [1.82, 2.24) is 9.97 Å². The highest BCUT2D eigenvalue weighted by Crippen LogP contribution is 2.52. The number of aromatic amines is 2. The van der Waals surface area contributed by atoms with E-state index >= 15 is 0 Å². The largest absolute Gasteiger partial charge is 0.411 e. The molecule has 0 radical (unpaired) electrons. The molecule has 3 N–H and O–H groups in total. The fourth-order valence-corrected chi connectivity index (χ4v) is 5.39. The Kier molecular flexibility index (Phi) is 3.67. The minimum Gasteiger partial charge on any atom is -0.411 e. The first-order chi connectivity index (χ1) is 14.6. The Hall–Kier alpha value is -3.09. The number of nitrogens with one attached hydrogen (secondary N) is 2. The lowest BCUT2D eigenvalue weighted by molar-refractivity contribution is -0.146. The molecule has 6 rings (SSSR count). The fourth-order valence-electron chi connectivity index (χ4n) is 5.39. The lowest BCUT2D eigenvalue weighted by atomic mass is 9.73. The molecule has 0 spiro atoms. The Morgan fingerprint density at radius 3 is 2.47 bits per heavy atom. The zero-order valence-corrected chi connectivity index (χ0v) is 16.8. The van der Waals surface area contributed by atoms with Gasteiger partial charge in [-0.1, -0.05) is 36.4 Å². The van der Waals surface area contributed by atoms with Gasteiger partial charge in [-0.05, 0) is 37.1 Å². The number of aromatic nitrogens is 2. The average molecular weight is 401 g/mol. The average Bonchev–Trinajstić information content (AvgIpc) is 3.41. The molecule has 1 aliphatic heterocycles. The van der Waals surface area contributed by atoms with Crippen LogP contribution < -0.4 is 0 Å². The molecular formula is C24H23N3O3. The number of hydrogen-bond acceptors (Lipinski definition) is 4. The number of nitrogens with zero attached hydrogens (tertiary/aromatic N) is 1. The van der Waals surface area contributed by atoms with Gasteiger partial charge in [0.2, 0.25) is 0 Å². The van der Waals surface area contributed by atoms with Crippen LogP contribution in [0, 0.1) is 0 Å². The summed E-state index contributed by atoms with van der Waals surface area (Å²) in [5.41, 5.74) is 5.53. The lowest BCUT2D eigenvalue weighted by Crippen LogP contribution is -2.40. The summed E-state index contributed by atoms with van der Waals surface area (Å²) in [6, 6.07) is 16.6. The molecule has 2 aromatic carbocycles. The second kappa shape index (κ2) is 6.20. The molecule has 152 valence electrons. The smallest absolute Gasteiger partial charge is 0.163 e. The van der Waals surface area contributed by atoms with Crippen molar-refractivity contribution in [2.45, 2.75) is 43.7 Å². The topological polar surface area (TPSA) is 82.6 Å². The third-order valence-corrected chi connectivity index (χ3v) is 6.45. The predicted octanol–water partition coefficient (Wildman–Crippen LogP) is 4.86. The maximum absolute atomic E-state index is 9.45. The first kappa shape index (κ1) is 17.7. The maximum atomic E-state index is 9.45. The van der Waals surface area contributed by atoms with Gasteiger partial charge in [0.1, 0.15) is 12.2 Å². The van der Waals surface area contributed by atoms with Crippen molar-refractivity contribution in [3.05, 3.63) is 71.5 Å². The van der Waals surface area contributed by atoms with Gasteiger partial charge in [0.25, 0.3) is 0 Å². The van der Waals surface area contributed by atoms with Gasteiger partial charge in [-0.3, -0.25) is 0 Å². The van der Waals surface area contributed by atoms with Gasteiger partial charge in [0, 0.05) is 33.7 Å². The van der Waals surface area contributed by atoms with E-state index in [9.17, 15) is 5.21 Å². The molecule has 1 fully saturated rings. The number of oxime groups is 1. The predicted molar refractivity (Wildman–Crippen MR) is 115 cm³/mol. The third kappa shape index (κ3) is 2.41. The van der Waals surface area contributed by atoms with Crippen molar-refractivity contribution in [3.63, 3.8) is 0 Å². The summed E-state index contributed by atoms with van der Waals surface area (Å²) in [5.74, 6) is -0.978. The Morgan fingerprint density at radius 2 is 1.67 bits per heavy atom. The van der Waals surface area contributed by atoms with Crippen molar-refractivity contribution in [2.75, 3.05) is 0 Å². The van der Waals surface area contributed by atoms with E-state index < -0.39 is 5.79 Å². The van der Waals surface area contributed by atoms with Gasteiger partial charge < -0.3 is 24.6 Å². The number of hydrogen-bond donors (Lipinski definition) is 3. The molecule has 0 saturated carbocycles. The third-order valence-electron chi connectivity index (χ3n) is 6.45. The second-order valence-electron chi connectivity index (χ2n) is 8.62. The van der Waals surface area contributed by atoms with Crippen LogP contribution in [0.3, 0.4) is 0 Å². The van der Waals surface area contributed by atoms with Crippen LogP contribution >= 0.6 is 0 Å². The van der Waals surface area contributed by atoms with Gasteiger partial charge >= 0.3 is 0 Å². The fraction of sp³-hybridized carbons (Fsp3) is 0.292. The Bertz CT molecular complexity index is 1290. The molecule has 6 heteroatoms. The molecule has 4 aromatic rings. The van der Waals surface area contributed by atoms with Crippen LogP contribution in [0.5, 0.6) is 0 Å². The van der Waals surface area contributed by atoms with Crippen LogP contribution in [0.1, 0.15) is 42.5 Å². The number of rotatable bonds is 2. The molecule has 0 amide bonds. The van der Waals surface area contributed by atoms with E-state index in [1.165, 1.54) is 10.9 Å². The van der Waals surface area contributed by atoms with Crippen LogP contribution in [-0.4, -0.2) is 39.4 Å². The molecule has 0 bridgehead atoms. The minimum atomic E-state index is -0.722. The van der Waals surface area contributed by atoms with Gasteiger partial charge in [0.15, 0.2) is 5.79 Å². The quantitative estimate of drug-likeness (QED) is 0.255. The van der Waals surface area contributed by atoms with E-state index in [2.05, 4.69) is 51.7 Å². The standard InChI is InChI=1S/C24H23N3O3/c1-24(2)29-22-16(12-26-28)19-14-8-4-6-10-18(14)27-21(19)20(23(22)30-24)15-11-25-17-9-5-3-7-13(15)17/h3-12,16,20,22-23,25,27-28H,1-2H3/b26-12+. The Labute approximate surface area is 173 Å². The highest BCUT2D eigenvalue weighted by Gasteiger charge is 2.54. The van der Waals surface area contributed by atoms with Crippen LogP contribution in [0.25, 0.3) is 21.8 Å². The number of benzene rings is 2. The summed E-state index contributed by atoms with van der Waals surface area (Å²) in [5, 5.41) is 15.2. The first-order valence-electron chi connectivity index (χ1n) is 10.3. The first-order valence-corrected chi connectivity index (χ1v) is 10.3. The SMILES string of the molecule is CC1(C)OC2C(/C=N/O)c3c([nH]c4ccccc34)C(c3c[nH]c4ccccc34)C2O1. The molecule has 1 saturated heterocycles. The van der Waals surface area contributed by atoms with E-state index in [4.69, 9.17) is 9.47 Å². The highest BCUT2D eigenvalue weighted by atomic mass is 16.8. The molecule has 2 aliphatic rings. The van der Waals surface area contributed by atoms with Crippen molar-refractivity contribution < 1.29 is 14.7 Å². The van der Waals surface area contributed by atoms with Crippen molar-refractivity contribution in [1.29, 1.82) is 0 Å². The minimum absolute atomic E-state index is 0.0429. The van der Waals surface area contributed by atoms with Gasteiger partial charge in [0.05, 0.1) is 18.1 Å². The van der Waals surface area contributed by atoms with Crippen LogP contribution in [0.4, 0.5) is 0 Å². The summed E-state index contributed by atoms with van der Waals surface area (Å²) in [6.07, 6.45) is 3.17. The van der Waals surface area contributed by atoms with Gasteiger partial charge in [-0.2, -0.15) is 0 Å². The molecule has 4 unspecified atom stereocenters. The summed E-state index contributed by atoms with van der Waals surface area (Å²) in [6.45, 7) is 3.88. The van der Waals surface area contributed by atoms with Crippen molar-refractivity contribution >= 4 is 28.0 Å². The lowest BCUT2D eigenvalue weighted by Gasteiger charge is -2.35. The molecule has 2 aromatic heterocycles. The van der Waals surface area contributed by atoms with E-state index in [1.807, 2.05) is 32.0 Å². The van der Waals surface area contributed by atoms with Crippen molar-refractivity contribution in [3.8, 4) is 0 Å². The number of para-hydroxylation sites is 2. The summed E-state index contributed by atoms with van der Waals surface area (Å²) in [4.78, 5) is 7.07. The van der Waals surface area contributed by atoms with E-state index in [1.54, 1.807) is 6.21 Å². The van der Waals surface area contributed by atoms with E-state index in [0.29, 0.717) is 0 Å². The normalized spacial score (nSPS) is 27.7. The second-order valence-corrected chi connectivity index (χ2v) is 8.62. The summed E-state index contributed by atoms with van der Waals surface area (Å²) in [7, 11) is 0. The number of H-pyrrole nitrogens is 2. The molecule has 4 atom stereocenters.